The van der Waals surface area contributed by atoms with Crippen LogP contribution < -0.4 is 0 Å². The standard InChI is InChI=1S/C16H19NO/c1-13-7-6-8-14(2)17(13)16(18)12-11-15-9-4-3-5-10-15/h3-5,9-10,13-14H,6-8H2,1-2H3. The molecule has 18 heavy (non-hydrogen) atoms. The molecule has 0 radical (unpaired) electrons. The van der Waals surface area contributed by atoms with Gasteiger partial charge in [-0.25, -0.2) is 0 Å². The zero-order valence-corrected chi connectivity index (χ0v) is 11.0. The van der Waals surface area contributed by atoms with Gasteiger partial charge in [0.2, 0.25) is 0 Å². The van der Waals surface area contributed by atoms with E-state index in [-0.39, 0.29) is 5.91 Å². The summed E-state index contributed by atoms with van der Waals surface area (Å²) in [5, 5.41) is 0. The summed E-state index contributed by atoms with van der Waals surface area (Å²) in [6.45, 7) is 4.22. The Hall–Kier alpha value is -1.75. The summed E-state index contributed by atoms with van der Waals surface area (Å²) in [4.78, 5) is 14.1. The van der Waals surface area contributed by atoms with E-state index in [0.29, 0.717) is 12.1 Å². The van der Waals surface area contributed by atoms with Crippen LogP contribution in [0.4, 0.5) is 0 Å². The quantitative estimate of drug-likeness (QED) is 0.640. The molecular formula is C16H19NO. The van der Waals surface area contributed by atoms with Crippen LogP contribution in [0.1, 0.15) is 38.7 Å². The topological polar surface area (TPSA) is 20.3 Å². The maximum Gasteiger partial charge on any atom is 0.299 e. The van der Waals surface area contributed by atoms with Crippen molar-refractivity contribution in [3.63, 3.8) is 0 Å². The highest BCUT2D eigenvalue weighted by Crippen LogP contribution is 2.22. The fourth-order valence-electron chi connectivity index (χ4n) is 2.53. The van der Waals surface area contributed by atoms with Crippen molar-refractivity contribution >= 4 is 5.91 Å². The molecule has 1 aromatic rings. The van der Waals surface area contributed by atoms with Crippen molar-refractivity contribution in [2.45, 2.75) is 45.2 Å². The van der Waals surface area contributed by atoms with Crippen molar-refractivity contribution in [3.05, 3.63) is 35.9 Å². The number of hydrogen-bond donors (Lipinski definition) is 0. The van der Waals surface area contributed by atoms with Crippen LogP contribution in [0.5, 0.6) is 0 Å². The van der Waals surface area contributed by atoms with E-state index in [1.807, 2.05) is 35.2 Å². The van der Waals surface area contributed by atoms with Crippen LogP contribution in [0, 0.1) is 11.8 Å². The monoisotopic (exact) mass is 241 g/mol. The molecule has 1 saturated heterocycles. The van der Waals surface area contributed by atoms with Crippen molar-refractivity contribution in [2.24, 2.45) is 0 Å². The lowest BCUT2D eigenvalue weighted by molar-refractivity contribution is -0.130. The molecule has 0 aromatic heterocycles. The number of likely N-dealkylation sites (tertiary alicyclic amines) is 1. The van der Waals surface area contributed by atoms with Crippen LogP contribution in [-0.2, 0) is 4.79 Å². The largest absolute Gasteiger partial charge is 0.326 e. The second-order valence-corrected chi connectivity index (χ2v) is 4.96. The minimum atomic E-state index is -0.0430. The SMILES string of the molecule is CC1CCCC(C)N1C(=O)C#Cc1ccccc1. The molecule has 1 heterocycles. The molecule has 0 N–H and O–H groups in total. The summed E-state index contributed by atoms with van der Waals surface area (Å²) < 4.78 is 0. The van der Waals surface area contributed by atoms with E-state index in [2.05, 4.69) is 25.7 Å². The normalized spacial score (nSPS) is 23.1. The molecule has 1 aliphatic heterocycles. The molecule has 2 rings (SSSR count). The molecular weight excluding hydrogens is 222 g/mol. The van der Waals surface area contributed by atoms with Gasteiger partial charge in [-0.1, -0.05) is 24.1 Å². The first-order valence-corrected chi connectivity index (χ1v) is 6.58. The summed E-state index contributed by atoms with van der Waals surface area (Å²) in [7, 11) is 0. The van der Waals surface area contributed by atoms with Gasteiger partial charge in [0.1, 0.15) is 0 Å². The Morgan fingerprint density at radius 2 is 1.78 bits per heavy atom. The van der Waals surface area contributed by atoms with E-state index >= 15 is 0 Å². The summed E-state index contributed by atoms with van der Waals surface area (Å²) in [5.74, 6) is 5.67. The van der Waals surface area contributed by atoms with E-state index in [1.54, 1.807) is 0 Å². The maximum atomic E-state index is 12.1. The summed E-state index contributed by atoms with van der Waals surface area (Å²) in [5.41, 5.74) is 0.892. The predicted octanol–water partition coefficient (Wildman–Crippen LogP) is 2.83. The molecule has 94 valence electrons. The second kappa shape index (κ2) is 5.73. The van der Waals surface area contributed by atoms with Gasteiger partial charge in [-0.3, -0.25) is 4.79 Å². The molecule has 0 aliphatic carbocycles. The third kappa shape index (κ3) is 2.92. The Morgan fingerprint density at radius 1 is 1.17 bits per heavy atom. The zero-order valence-electron chi connectivity index (χ0n) is 11.0. The number of benzene rings is 1. The van der Waals surface area contributed by atoms with Gasteiger partial charge < -0.3 is 4.90 Å². The average Bonchev–Trinajstić information content (AvgIpc) is 2.37. The van der Waals surface area contributed by atoms with E-state index in [0.717, 1.165) is 18.4 Å². The van der Waals surface area contributed by atoms with Crippen molar-refractivity contribution in [1.82, 2.24) is 4.90 Å². The third-order valence-electron chi connectivity index (χ3n) is 3.52. The van der Waals surface area contributed by atoms with E-state index in [9.17, 15) is 4.79 Å². The Labute approximate surface area is 109 Å². The van der Waals surface area contributed by atoms with Gasteiger partial charge in [0.25, 0.3) is 5.91 Å². The molecule has 2 nitrogen and oxygen atoms in total. The minimum absolute atomic E-state index is 0.0430. The Bertz CT molecular complexity index is 459. The molecule has 1 amide bonds. The molecule has 1 fully saturated rings. The number of hydrogen-bond acceptors (Lipinski definition) is 1. The van der Waals surface area contributed by atoms with Gasteiger partial charge >= 0.3 is 0 Å². The lowest BCUT2D eigenvalue weighted by Crippen LogP contribution is -2.47. The van der Waals surface area contributed by atoms with Crippen molar-refractivity contribution in [1.29, 1.82) is 0 Å². The Balaban J connectivity index is 2.10. The summed E-state index contributed by atoms with van der Waals surface area (Å²) in [6, 6.07) is 10.3. The highest BCUT2D eigenvalue weighted by atomic mass is 16.2. The number of piperidine rings is 1. The third-order valence-corrected chi connectivity index (χ3v) is 3.52. The number of carbonyl (C=O) groups is 1. The Morgan fingerprint density at radius 3 is 2.39 bits per heavy atom. The lowest BCUT2D eigenvalue weighted by atomic mass is 9.97. The molecule has 2 heteroatoms. The summed E-state index contributed by atoms with van der Waals surface area (Å²) in [6.07, 6.45) is 3.38. The van der Waals surface area contributed by atoms with Gasteiger partial charge in [-0.2, -0.15) is 0 Å². The first kappa shape index (κ1) is 12.7. The van der Waals surface area contributed by atoms with Crippen LogP contribution >= 0.6 is 0 Å². The molecule has 0 bridgehead atoms. The summed E-state index contributed by atoms with van der Waals surface area (Å²) >= 11 is 0. The van der Waals surface area contributed by atoms with Crippen LogP contribution in [0.3, 0.4) is 0 Å². The fourth-order valence-corrected chi connectivity index (χ4v) is 2.53. The molecule has 2 unspecified atom stereocenters. The van der Waals surface area contributed by atoms with Crippen LogP contribution in [0.2, 0.25) is 0 Å². The van der Waals surface area contributed by atoms with E-state index < -0.39 is 0 Å². The molecule has 1 aliphatic rings. The van der Waals surface area contributed by atoms with Gasteiger partial charge in [0.15, 0.2) is 0 Å². The van der Waals surface area contributed by atoms with Gasteiger partial charge in [-0.05, 0) is 45.2 Å². The average molecular weight is 241 g/mol. The zero-order chi connectivity index (χ0) is 13.0. The van der Waals surface area contributed by atoms with Crippen molar-refractivity contribution in [2.75, 3.05) is 0 Å². The van der Waals surface area contributed by atoms with E-state index in [1.165, 1.54) is 6.42 Å². The molecule has 1 aromatic carbocycles. The number of nitrogens with zero attached hydrogens (tertiary/aromatic N) is 1. The molecule has 0 saturated carbocycles. The number of rotatable bonds is 0. The van der Waals surface area contributed by atoms with Gasteiger partial charge in [-0.15, -0.1) is 0 Å². The number of amides is 1. The Kier molecular flexibility index (Phi) is 4.04. The first-order valence-electron chi connectivity index (χ1n) is 6.58. The fraction of sp³-hybridized carbons (Fsp3) is 0.438. The van der Waals surface area contributed by atoms with Crippen molar-refractivity contribution in [3.8, 4) is 11.8 Å². The smallest absolute Gasteiger partial charge is 0.299 e. The number of carbonyl (C=O) groups excluding carboxylic acids is 1. The molecule has 2 atom stereocenters. The minimum Gasteiger partial charge on any atom is -0.326 e. The van der Waals surface area contributed by atoms with Gasteiger partial charge in [0.05, 0.1) is 0 Å². The lowest BCUT2D eigenvalue weighted by Gasteiger charge is -2.37. The van der Waals surface area contributed by atoms with Crippen LogP contribution in [0.25, 0.3) is 0 Å². The van der Waals surface area contributed by atoms with E-state index in [4.69, 9.17) is 0 Å². The van der Waals surface area contributed by atoms with Crippen molar-refractivity contribution < 1.29 is 4.79 Å². The molecule has 0 spiro atoms. The van der Waals surface area contributed by atoms with Crippen LogP contribution in [0.15, 0.2) is 30.3 Å². The highest BCUT2D eigenvalue weighted by molar-refractivity contribution is 5.94. The second-order valence-electron chi connectivity index (χ2n) is 4.96. The highest BCUT2D eigenvalue weighted by Gasteiger charge is 2.27. The van der Waals surface area contributed by atoms with Gasteiger partial charge in [0, 0.05) is 23.6 Å². The van der Waals surface area contributed by atoms with Crippen LogP contribution in [-0.4, -0.2) is 22.9 Å². The maximum absolute atomic E-state index is 12.1. The predicted molar refractivity (Wildman–Crippen MR) is 72.9 cm³/mol. The first-order chi connectivity index (χ1) is 8.68.